The Bertz CT molecular complexity index is 359. The van der Waals surface area contributed by atoms with Crippen LogP contribution >= 0.6 is 0 Å². The summed E-state index contributed by atoms with van der Waals surface area (Å²) in [5.74, 6) is 1.44. The van der Waals surface area contributed by atoms with E-state index < -0.39 is 0 Å². The van der Waals surface area contributed by atoms with E-state index in [0.717, 1.165) is 5.92 Å². The van der Waals surface area contributed by atoms with E-state index in [2.05, 4.69) is 36.5 Å². The zero-order chi connectivity index (χ0) is 10.1. The molecule has 0 radical (unpaired) electrons. The lowest BCUT2D eigenvalue weighted by molar-refractivity contribution is 0.407. The maximum atomic E-state index is 2.38. The molecule has 0 amide bonds. The molecule has 0 aromatic carbocycles. The molecule has 0 aromatic rings. The fourth-order valence-electron chi connectivity index (χ4n) is 3.10. The van der Waals surface area contributed by atoms with Gasteiger partial charge < -0.3 is 0 Å². The van der Waals surface area contributed by atoms with E-state index in [9.17, 15) is 0 Å². The van der Waals surface area contributed by atoms with Gasteiger partial charge in [0, 0.05) is 5.92 Å². The van der Waals surface area contributed by atoms with Crippen molar-refractivity contribution >= 4 is 0 Å². The maximum absolute atomic E-state index is 2.38. The Morgan fingerprint density at radius 1 is 0.800 bits per heavy atom. The van der Waals surface area contributed by atoms with Gasteiger partial charge >= 0.3 is 0 Å². The molecular weight excluding hydrogens is 180 g/mol. The third kappa shape index (κ3) is 1.62. The lowest BCUT2D eigenvalue weighted by Gasteiger charge is -2.24. The lowest BCUT2D eigenvalue weighted by Crippen LogP contribution is -2.09. The minimum absolute atomic E-state index is 0.590. The Hall–Kier alpha value is -1.04. The molecule has 1 saturated carbocycles. The molecule has 0 heteroatoms. The highest BCUT2D eigenvalue weighted by molar-refractivity contribution is 5.49. The van der Waals surface area contributed by atoms with Gasteiger partial charge in [0.25, 0.3) is 0 Å². The van der Waals surface area contributed by atoms with E-state index in [1.807, 2.05) is 0 Å². The van der Waals surface area contributed by atoms with Crippen LogP contribution in [0.4, 0.5) is 0 Å². The van der Waals surface area contributed by atoms with Gasteiger partial charge in [0.2, 0.25) is 0 Å². The van der Waals surface area contributed by atoms with E-state index in [1.54, 1.807) is 11.1 Å². The summed E-state index contributed by atoms with van der Waals surface area (Å²) >= 11 is 0. The highest BCUT2D eigenvalue weighted by Crippen LogP contribution is 2.39. The van der Waals surface area contributed by atoms with Crippen molar-refractivity contribution in [3.8, 4) is 0 Å². The van der Waals surface area contributed by atoms with Crippen molar-refractivity contribution in [1.82, 2.24) is 0 Å². The maximum Gasteiger partial charge on any atom is 0.0207 e. The molecule has 0 aromatic heterocycles. The summed E-state index contributed by atoms with van der Waals surface area (Å²) in [4.78, 5) is 0. The zero-order valence-electron chi connectivity index (χ0n) is 9.15. The Kier molecular flexibility index (Phi) is 2.36. The summed E-state index contributed by atoms with van der Waals surface area (Å²) in [5.41, 5.74) is 3.21. The van der Waals surface area contributed by atoms with Gasteiger partial charge in [0.15, 0.2) is 0 Å². The van der Waals surface area contributed by atoms with Gasteiger partial charge in [-0.25, -0.2) is 0 Å². The van der Waals surface area contributed by atoms with Gasteiger partial charge in [-0.1, -0.05) is 55.7 Å². The predicted molar refractivity (Wildman–Crippen MR) is 64.5 cm³/mol. The zero-order valence-corrected chi connectivity index (χ0v) is 9.15. The fourth-order valence-corrected chi connectivity index (χ4v) is 3.10. The first kappa shape index (κ1) is 9.21. The van der Waals surface area contributed by atoms with Gasteiger partial charge in [0.1, 0.15) is 0 Å². The van der Waals surface area contributed by atoms with Crippen LogP contribution in [0.2, 0.25) is 0 Å². The normalized spacial score (nSPS) is 30.0. The first-order valence-corrected chi connectivity index (χ1v) is 6.22. The van der Waals surface area contributed by atoms with Crippen LogP contribution in [0.15, 0.2) is 47.6 Å². The van der Waals surface area contributed by atoms with E-state index in [4.69, 9.17) is 0 Å². The largest absolute Gasteiger partial charge is 0.0732 e. The molecule has 0 heterocycles. The van der Waals surface area contributed by atoms with E-state index >= 15 is 0 Å². The van der Waals surface area contributed by atoms with Crippen molar-refractivity contribution in [2.24, 2.45) is 11.8 Å². The molecule has 1 fully saturated rings. The number of hydrogen-bond acceptors (Lipinski definition) is 0. The quantitative estimate of drug-likeness (QED) is 0.593. The molecule has 0 bridgehead atoms. The van der Waals surface area contributed by atoms with Crippen LogP contribution in [0.5, 0.6) is 0 Å². The minimum atomic E-state index is 0.590. The number of allylic oxidation sites excluding steroid dienone is 8. The molecule has 3 aliphatic rings. The van der Waals surface area contributed by atoms with Crippen molar-refractivity contribution < 1.29 is 0 Å². The third-order valence-corrected chi connectivity index (χ3v) is 3.93. The van der Waals surface area contributed by atoms with Crippen molar-refractivity contribution in [2.75, 3.05) is 0 Å². The molecule has 0 spiro atoms. The Labute approximate surface area is 92.1 Å². The molecule has 15 heavy (non-hydrogen) atoms. The van der Waals surface area contributed by atoms with Gasteiger partial charge in [0.05, 0.1) is 0 Å². The topological polar surface area (TPSA) is 0 Å². The van der Waals surface area contributed by atoms with E-state index in [1.165, 1.54) is 32.1 Å². The Morgan fingerprint density at radius 3 is 2.53 bits per heavy atom. The van der Waals surface area contributed by atoms with Crippen molar-refractivity contribution in [1.29, 1.82) is 0 Å². The Morgan fingerprint density at radius 2 is 1.67 bits per heavy atom. The smallest absolute Gasteiger partial charge is 0.0207 e. The highest BCUT2D eigenvalue weighted by Gasteiger charge is 2.24. The van der Waals surface area contributed by atoms with Gasteiger partial charge in [-0.2, -0.15) is 0 Å². The fraction of sp³-hybridized carbons (Fsp3) is 0.467. The second-order valence-corrected chi connectivity index (χ2v) is 4.87. The summed E-state index contributed by atoms with van der Waals surface area (Å²) in [7, 11) is 0. The number of hydrogen-bond donors (Lipinski definition) is 0. The molecule has 0 aliphatic heterocycles. The van der Waals surface area contributed by atoms with Gasteiger partial charge in [-0.05, 0) is 29.9 Å². The number of fused-ring (bicyclic) bond motifs is 1. The van der Waals surface area contributed by atoms with Crippen LogP contribution < -0.4 is 0 Å². The van der Waals surface area contributed by atoms with Crippen LogP contribution in [0.3, 0.4) is 0 Å². The molecule has 3 rings (SSSR count). The number of rotatable bonds is 1. The molecular formula is C15H18. The summed E-state index contributed by atoms with van der Waals surface area (Å²) in [6.07, 6.45) is 20.8. The molecule has 3 aliphatic carbocycles. The lowest BCUT2D eigenvalue weighted by atomic mass is 9.81. The summed E-state index contributed by atoms with van der Waals surface area (Å²) in [5, 5.41) is 0. The molecule has 1 atom stereocenters. The van der Waals surface area contributed by atoms with Crippen molar-refractivity contribution in [2.45, 2.75) is 32.1 Å². The van der Waals surface area contributed by atoms with Crippen molar-refractivity contribution in [3.63, 3.8) is 0 Å². The second kappa shape index (κ2) is 3.84. The first-order valence-electron chi connectivity index (χ1n) is 6.22. The second-order valence-electron chi connectivity index (χ2n) is 4.87. The van der Waals surface area contributed by atoms with E-state index in [0.29, 0.717) is 5.92 Å². The summed E-state index contributed by atoms with van der Waals surface area (Å²) < 4.78 is 0. The summed E-state index contributed by atoms with van der Waals surface area (Å²) in [6.45, 7) is 0. The van der Waals surface area contributed by atoms with Gasteiger partial charge in [-0.15, -0.1) is 0 Å². The van der Waals surface area contributed by atoms with Gasteiger partial charge in [-0.3, -0.25) is 0 Å². The monoisotopic (exact) mass is 198 g/mol. The van der Waals surface area contributed by atoms with Crippen molar-refractivity contribution in [3.05, 3.63) is 47.6 Å². The minimum Gasteiger partial charge on any atom is -0.0732 e. The van der Waals surface area contributed by atoms with Crippen LogP contribution in [-0.2, 0) is 0 Å². The molecule has 78 valence electrons. The molecule has 1 unspecified atom stereocenters. The third-order valence-electron chi connectivity index (χ3n) is 3.93. The standard InChI is InChI=1S/C15H18/c1-2-6-12(7-3-1)15-11-10-13-8-4-5-9-14(13)15/h4-5,8-13H,1-3,6-7H2. The first-order chi connectivity index (χ1) is 7.45. The Balaban J connectivity index is 1.88. The van der Waals surface area contributed by atoms with Crippen LogP contribution in [0.1, 0.15) is 32.1 Å². The molecule has 0 nitrogen and oxygen atoms in total. The predicted octanol–water partition coefficient (Wildman–Crippen LogP) is 4.18. The van der Waals surface area contributed by atoms with E-state index in [-0.39, 0.29) is 0 Å². The van der Waals surface area contributed by atoms with Crippen LogP contribution in [0.25, 0.3) is 0 Å². The average molecular weight is 198 g/mol. The summed E-state index contributed by atoms with van der Waals surface area (Å²) in [6, 6.07) is 0. The SMILES string of the molecule is C1=CC2=C(C3CCCCC3)C=CC2C=C1. The average Bonchev–Trinajstić information content (AvgIpc) is 2.74. The molecule has 0 saturated heterocycles. The van der Waals surface area contributed by atoms with Crippen LogP contribution in [0, 0.1) is 11.8 Å². The highest BCUT2D eigenvalue weighted by atomic mass is 14.3. The molecule has 0 N–H and O–H groups in total. The van der Waals surface area contributed by atoms with Crippen LogP contribution in [-0.4, -0.2) is 0 Å².